The summed E-state index contributed by atoms with van der Waals surface area (Å²) < 4.78 is 5.60. The number of anilines is 1. The number of nitrogens with one attached hydrogen (secondary N) is 1. The lowest BCUT2D eigenvalue weighted by molar-refractivity contribution is -0.131. The maximum absolute atomic E-state index is 12.0. The van der Waals surface area contributed by atoms with Gasteiger partial charge in [-0.05, 0) is 50.7 Å². The fourth-order valence-corrected chi connectivity index (χ4v) is 3.05. The molecular formula is C18H26N2O2. The van der Waals surface area contributed by atoms with Crippen molar-refractivity contribution in [1.82, 2.24) is 5.32 Å². The summed E-state index contributed by atoms with van der Waals surface area (Å²) in [6, 6.07) is 9.03. The summed E-state index contributed by atoms with van der Waals surface area (Å²) in [5, 5.41) is 3.00. The maximum atomic E-state index is 12.0. The molecule has 120 valence electrons. The average Bonchev–Trinajstić information content (AvgIpc) is 3.29. The van der Waals surface area contributed by atoms with E-state index in [0.29, 0.717) is 18.5 Å². The van der Waals surface area contributed by atoms with Gasteiger partial charge in [-0.3, -0.25) is 4.79 Å². The number of fused-ring (bicyclic) bond motifs is 1. The molecule has 22 heavy (non-hydrogen) atoms. The Kier molecular flexibility index (Phi) is 4.67. The molecular weight excluding hydrogens is 276 g/mol. The highest BCUT2D eigenvalue weighted by molar-refractivity contribution is 5.80. The first-order valence-electron chi connectivity index (χ1n) is 8.39. The van der Waals surface area contributed by atoms with Crippen molar-refractivity contribution in [3.05, 3.63) is 29.8 Å². The summed E-state index contributed by atoms with van der Waals surface area (Å²) in [4.78, 5) is 14.4. The van der Waals surface area contributed by atoms with Crippen molar-refractivity contribution in [3.63, 3.8) is 0 Å². The van der Waals surface area contributed by atoms with Gasteiger partial charge in [0.1, 0.15) is 6.10 Å². The lowest BCUT2D eigenvalue weighted by atomic mass is 10.1. The average molecular weight is 302 g/mol. The Hall–Kier alpha value is -1.55. The van der Waals surface area contributed by atoms with Crippen LogP contribution < -0.4 is 10.2 Å². The van der Waals surface area contributed by atoms with Gasteiger partial charge in [-0.15, -0.1) is 0 Å². The summed E-state index contributed by atoms with van der Waals surface area (Å²) in [7, 11) is 0. The van der Waals surface area contributed by atoms with Crippen molar-refractivity contribution in [2.45, 2.75) is 45.3 Å². The molecule has 1 N–H and O–H groups in total. The zero-order valence-corrected chi connectivity index (χ0v) is 13.5. The molecule has 1 amide bonds. The lowest BCUT2D eigenvalue weighted by Gasteiger charge is -2.25. The van der Waals surface area contributed by atoms with Gasteiger partial charge in [0, 0.05) is 24.8 Å². The molecule has 0 aromatic heterocycles. The van der Waals surface area contributed by atoms with Crippen LogP contribution in [0.1, 0.15) is 32.3 Å². The molecule has 0 spiro atoms. The van der Waals surface area contributed by atoms with E-state index in [0.717, 1.165) is 19.6 Å². The molecule has 1 aromatic rings. The van der Waals surface area contributed by atoms with Crippen LogP contribution >= 0.6 is 0 Å². The monoisotopic (exact) mass is 302 g/mol. The van der Waals surface area contributed by atoms with Crippen LogP contribution in [0.25, 0.3) is 0 Å². The molecule has 3 rings (SSSR count). The van der Waals surface area contributed by atoms with Crippen LogP contribution in [0, 0.1) is 5.92 Å². The van der Waals surface area contributed by atoms with E-state index < -0.39 is 0 Å². The molecule has 1 saturated carbocycles. The van der Waals surface area contributed by atoms with E-state index in [-0.39, 0.29) is 12.0 Å². The van der Waals surface area contributed by atoms with Crippen LogP contribution in [0.2, 0.25) is 0 Å². The van der Waals surface area contributed by atoms with Gasteiger partial charge in [0.25, 0.3) is 0 Å². The first-order chi connectivity index (χ1) is 10.6. The fourth-order valence-electron chi connectivity index (χ4n) is 3.05. The van der Waals surface area contributed by atoms with Crippen molar-refractivity contribution in [3.8, 4) is 0 Å². The zero-order valence-electron chi connectivity index (χ0n) is 13.5. The third kappa shape index (κ3) is 3.61. The maximum Gasteiger partial charge on any atom is 0.248 e. The molecule has 1 fully saturated rings. The third-order valence-corrected chi connectivity index (χ3v) is 4.65. The molecule has 1 heterocycles. The van der Waals surface area contributed by atoms with Crippen LogP contribution in [-0.4, -0.2) is 37.7 Å². The fraction of sp³-hybridized carbons (Fsp3) is 0.611. The van der Waals surface area contributed by atoms with E-state index in [4.69, 9.17) is 4.74 Å². The number of carbonyl (C=O) groups is 1. The minimum Gasteiger partial charge on any atom is -0.368 e. The summed E-state index contributed by atoms with van der Waals surface area (Å²) in [6.07, 6.45) is 3.25. The van der Waals surface area contributed by atoms with E-state index in [9.17, 15) is 4.79 Å². The molecule has 4 nitrogen and oxygen atoms in total. The number of para-hydroxylation sites is 1. The van der Waals surface area contributed by atoms with Crippen molar-refractivity contribution < 1.29 is 9.53 Å². The van der Waals surface area contributed by atoms with Gasteiger partial charge >= 0.3 is 0 Å². The number of ether oxygens (including phenoxy) is 1. The SMILES string of the molecule is CC(OCC1CC1)C(=O)NCCN1c2ccccc2CC1C. The Balaban J connectivity index is 1.43. The molecule has 0 radical (unpaired) electrons. The second-order valence-corrected chi connectivity index (χ2v) is 6.59. The number of hydrogen-bond acceptors (Lipinski definition) is 3. The van der Waals surface area contributed by atoms with Crippen LogP contribution in [0.4, 0.5) is 5.69 Å². The Bertz CT molecular complexity index is 528. The highest BCUT2D eigenvalue weighted by Gasteiger charge is 2.26. The van der Waals surface area contributed by atoms with Crippen molar-refractivity contribution in [1.29, 1.82) is 0 Å². The number of hydrogen-bond donors (Lipinski definition) is 1. The summed E-state index contributed by atoms with van der Waals surface area (Å²) in [5.74, 6) is 0.693. The molecule has 1 aromatic carbocycles. The topological polar surface area (TPSA) is 41.6 Å². The molecule has 1 aliphatic heterocycles. The van der Waals surface area contributed by atoms with Gasteiger partial charge in [0.15, 0.2) is 0 Å². The Morgan fingerprint density at radius 3 is 2.95 bits per heavy atom. The van der Waals surface area contributed by atoms with Gasteiger partial charge < -0.3 is 15.0 Å². The van der Waals surface area contributed by atoms with Crippen LogP contribution in [0.3, 0.4) is 0 Å². The largest absolute Gasteiger partial charge is 0.368 e. The van der Waals surface area contributed by atoms with E-state index in [1.54, 1.807) is 0 Å². The molecule has 4 heteroatoms. The van der Waals surface area contributed by atoms with Gasteiger partial charge in [-0.2, -0.15) is 0 Å². The minimum atomic E-state index is -0.344. The molecule has 2 aliphatic rings. The molecule has 0 bridgehead atoms. The van der Waals surface area contributed by atoms with Gasteiger partial charge in [-0.1, -0.05) is 18.2 Å². The molecule has 2 unspecified atom stereocenters. The van der Waals surface area contributed by atoms with Crippen molar-refractivity contribution in [2.24, 2.45) is 5.92 Å². The molecule has 1 aliphatic carbocycles. The smallest absolute Gasteiger partial charge is 0.248 e. The van der Waals surface area contributed by atoms with Gasteiger partial charge in [-0.25, -0.2) is 0 Å². The quantitative estimate of drug-likeness (QED) is 0.841. The number of amides is 1. The highest BCUT2D eigenvalue weighted by Crippen LogP contribution is 2.31. The van der Waals surface area contributed by atoms with Crippen LogP contribution in [0.5, 0.6) is 0 Å². The first kappa shape index (κ1) is 15.3. The van der Waals surface area contributed by atoms with Crippen LogP contribution in [0.15, 0.2) is 24.3 Å². The van der Waals surface area contributed by atoms with E-state index in [2.05, 4.69) is 41.4 Å². The number of carbonyl (C=O) groups excluding carboxylic acids is 1. The molecule has 0 saturated heterocycles. The van der Waals surface area contributed by atoms with E-state index >= 15 is 0 Å². The zero-order chi connectivity index (χ0) is 15.5. The Morgan fingerprint density at radius 1 is 1.41 bits per heavy atom. The predicted octanol–water partition coefficient (Wildman–Crippen LogP) is 2.37. The molecule has 2 atom stereocenters. The summed E-state index contributed by atoms with van der Waals surface area (Å²) >= 11 is 0. The number of rotatable bonds is 7. The van der Waals surface area contributed by atoms with E-state index in [1.165, 1.54) is 24.1 Å². The first-order valence-corrected chi connectivity index (χ1v) is 8.39. The highest BCUT2D eigenvalue weighted by atomic mass is 16.5. The second kappa shape index (κ2) is 6.69. The van der Waals surface area contributed by atoms with Crippen molar-refractivity contribution >= 4 is 11.6 Å². The second-order valence-electron chi connectivity index (χ2n) is 6.59. The number of benzene rings is 1. The third-order valence-electron chi connectivity index (χ3n) is 4.65. The van der Waals surface area contributed by atoms with Crippen molar-refractivity contribution in [2.75, 3.05) is 24.6 Å². The standard InChI is InChI=1S/C18H26N2O2/c1-13-11-16-5-3-4-6-17(16)20(13)10-9-19-18(21)14(2)22-12-15-7-8-15/h3-6,13-15H,7-12H2,1-2H3,(H,19,21). The number of nitrogens with zero attached hydrogens (tertiary/aromatic N) is 1. The Labute approximate surface area is 132 Å². The summed E-state index contributed by atoms with van der Waals surface area (Å²) in [5.41, 5.74) is 2.71. The van der Waals surface area contributed by atoms with Gasteiger partial charge in [0.05, 0.1) is 6.61 Å². The predicted molar refractivity (Wildman–Crippen MR) is 88.1 cm³/mol. The van der Waals surface area contributed by atoms with Crippen LogP contribution in [-0.2, 0) is 16.0 Å². The lowest BCUT2D eigenvalue weighted by Crippen LogP contribution is -2.41. The van der Waals surface area contributed by atoms with E-state index in [1.807, 2.05) is 6.92 Å². The van der Waals surface area contributed by atoms with Gasteiger partial charge in [0.2, 0.25) is 5.91 Å². The summed E-state index contributed by atoms with van der Waals surface area (Å²) in [6.45, 7) is 6.31. The Morgan fingerprint density at radius 2 is 2.18 bits per heavy atom. The minimum absolute atomic E-state index is 0.000727. The normalized spacial score (nSPS) is 21.5.